The summed E-state index contributed by atoms with van der Waals surface area (Å²) < 4.78 is 47.8. The monoisotopic (exact) mass is 772 g/mol. The van der Waals surface area contributed by atoms with Crippen LogP contribution in [0.25, 0.3) is 92.0 Å². The summed E-state index contributed by atoms with van der Waals surface area (Å²) in [4.78, 5) is 10.8. The minimum absolute atomic E-state index is 0.0508. The summed E-state index contributed by atoms with van der Waals surface area (Å²) in [5.74, 6) is 0.351. The number of thiophene rings is 1. The standard InChI is InChI=1S/C55H33N3S/c1-4-18-34(19-5-1)50-53-51(42-28-14-17-31-46(42)59-53)57-54(56-50)58-45-30-16-13-24-37(45)40-32-33-43-47-41-27-12-15-29-44(41)55(35-20-6-2-7-21-35,36-22-8-3-9-23-36)49(47)39-26-11-10-25-38(39)48(43)52(40)58/h1-33H/i1D,4D,5D,18D,19D. The normalized spacial score (nSPS) is 14.4. The Balaban J connectivity index is 1.24. The second kappa shape index (κ2) is 12.3. The number of rotatable bonds is 4. The maximum absolute atomic E-state index is 9.14. The summed E-state index contributed by atoms with van der Waals surface area (Å²) in [7, 11) is 0. The van der Waals surface area contributed by atoms with Crippen LogP contribution in [0.1, 0.15) is 29.1 Å². The van der Waals surface area contributed by atoms with Gasteiger partial charge in [0.2, 0.25) is 5.95 Å². The number of nitrogens with zero attached hydrogens (tertiary/aromatic N) is 3. The van der Waals surface area contributed by atoms with Gasteiger partial charge < -0.3 is 0 Å². The lowest BCUT2D eigenvalue weighted by molar-refractivity contribution is 0.776. The molecule has 1 aliphatic rings. The van der Waals surface area contributed by atoms with E-state index in [2.05, 4.69) is 144 Å². The third kappa shape index (κ3) is 4.36. The van der Waals surface area contributed by atoms with Crippen LogP contribution in [0.5, 0.6) is 0 Å². The molecule has 3 heterocycles. The number of hydrogen-bond acceptors (Lipinski definition) is 3. The molecule has 274 valence electrons. The van der Waals surface area contributed by atoms with Gasteiger partial charge in [-0.25, -0.2) is 9.97 Å². The molecule has 0 saturated carbocycles. The van der Waals surface area contributed by atoms with Crippen molar-refractivity contribution in [1.29, 1.82) is 0 Å². The van der Waals surface area contributed by atoms with Gasteiger partial charge in [0.25, 0.3) is 0 Å². The van der Waals surface area contributed by atoms with E-state index >= 15 is 0 Å². The van der Waals surface area contributed by atoms with E-state index in [0.29, 0.717) is 21.9 Å². The maximum atomic E-state index is 9.14. The van der Waals surface area contributed by atoms with Gasteiger partial charge in [-0.3, -0.25) is 4.57 Å². The summed E-state index contributed by atoms with van der Waals surface area (Å²) in [6.07, 6.45) is 0. The molecule has 9 aromatic carbocycles. The van der Waals surface area contributed by atoms with Crippen LogP contribution < -0.4 is 0 Å². The van der Waals surface area contributed by atoms with Crippen molar-refractivity contribution in [3.8, 4) is 28.3 Å². The van der Waals surface area contributed by atoms with Crippen LogP contribution in [0.15, 0.2) is 200 Å². The van der Waals surface area contributed by atoms with Gasteiger partial charge in [0.1, 0.15) is 0 Å². The van der Waals surface area contributed by atoms with Crippen molar-refractivity contribution in [1.82, 2.24) is 14.5 Å². The number of aromatic nitrogens is 3. The highest BCUT2D eigenvalue weighted by Crippen LogP contribution is 2.61. The Morgan fingerprint density at radius 3 is 1.93 bits per heavy atom. The largest absolute Gasteiger partial charge is 0.277 e. The van der Waals surface area contributed by atoms with Crippen LogP contribution in [-0.2, 0) is 5.41 Å². The molecule has 0 aliphatic heterocycles. The first-order valence-corrected chi connectivity index (χ1v) is 20.6. The van der Waals surface area contributed by atoms with E-state index in [1.165, 1.54) is 44.7 Å². The minimum atomic E-state index is -0.628. The summed E-state index contributed by atoms with van der Waals surface area (Å²) in [6.45, 7) is 0. The van der Waals surface area contributed by atoms with E-state index in [0.717, 1.165) is 53.4 Å². The molecule has 4 heteroatoms. The first kappa shape index (κ1) is 28.1. The van der Waals surface area contributed by atoms with Gasteiger partial charge in [-0.05, 0) is 61.7 Å². The molecule has 1 aliphatic carbocycles. The molecule has 0 saturated heterocycles. The average molecular weight is 773 g/mol. The van der Waals surface area contributed by atoms with Gasteiger partial charge in [0.15, 0.2) is 0 Å². The predicted octanol–water partition coefficient (Wildman–Crippen LogP) is 14.3. The minimum Gasteiger partial charge on any atom is -0.277 e. The van der Waals surface area contributed by atoms with Gasteiger partial charge in [0.05, 0.1) is 39.2 Å². The van der Waals surface area contributed by atoms with Crippen molar-refractivity contribution < 1.29 is 6.85 Å². The molecule has 0 N–H and O–H groups in total. The summed E-state index contributed by atoms with van der Waals surface area (Å²) in [5, 5.41) is 7.33. The maximum Gasteiger partial charge on any atom is 0.235 e. The Hall–Kier alpha value is -7.40. The van der Waals surface area contributed by atoms with Crippen molar-refractivity contribution in [3.05, 3.63) is 222 Å². The van der Waals surface area contributed by atoms with Crippen molar-refractivity contribution in [2.45, 2.75) is 5.41 Å². The molecule has 0 amide bonds. The quantitative estimate of drug-likeness (QED) is 0.167. The van der Waals surface area contributed by atoms with Crippen LogP contribution in [0, 0.1) is 0 Å². The molecule has 0 atom stereocenters. The van der Waals surface area contributed by atoms with Gasteiger partial charge in [-0.1, -0.05) is 188 Å². The highest BCUT2D eigenvalue weighted by atomic mass is 32.1. The molecule has 0 radical (unpaired) electrons. The smallest absolute Gasteiger partial charge is 0.235 e. The topological polar surface area (TPSA) is 30.7 Å². The Morgan fingerprint density at radius 1 is 0.525 bits per heavy atom. The van der Waals surface area contributed by atoms with Crippen molar-refractivity contribution in [2.24, 2.45) is 0 Å². The van der Waals surface area contributed by atoms with Gasteiger partial charge >= 0.3 is 0 Å². The second-order valence-corrected chi connectivity index (χ2v) is 16.3. The molecule has 3 aromatic heterocycles. The predicted molar refractivity (Wildman–Crippen MR) is 247 cm³/mol. The van der Waals surface area contributed by atoms with Gasteiger partial charge in [-0.15, -0.1) is 11.3 Å². The fourth-order valence-electron chi connectivity index (χ4n) is 10.1. The highest BCUT2D eigenvalue weighted by Gasteiger charge is 2.48. The zero-order valence-electron chi connectivity index (χ0n) is 36.4. The summed E-state index contributed by atoms with van der Waals surface area (Å²) in [6, 6.07) is 58.3. The molecule has 3 nitrogen and oxygen atoms in total. The SMILES string of the molecule is [2H]c1c([2H])c([2H])c(-c2nc(-n3c4ccccc4c4ccc5c6c(c7ccccc7c5c43)C(c3ccccc3)(c3ccccc3)c3ccccc3-6)nc3c2sc2ccccc23)c([2H])c1[2H]. The zero-order chi connectivity index (χ0) is 43.0. The first-order chi connectivity index (χ1) is 31.4. The van der Waals surface area contributed by atoms with E-state index in [1.54, 1.807) is 0 Å². The van der Waals surface area contributed by atoms with E-state index in [9.17, 15) is 0 Å². The summed E-state index contributed by atoms with van der Waals surface area (Å²) >= 11 is 1.47. The molecule has 0 fully saturated rings. The van der Waals surface area contributed by atoms with E-state index in [-0.39, 0.29) is 17.6 Å². The Kier molecular flexibility index (Phi) is 5.85. The molecule has 0 bridgehead atoms. The summed E-state index contributed by atoms with van der Waals surface area (Å²) in [5.41, 5.74) is 9.41. The molecule has 12 aromatic rings. The van der Waals surface area contributed by atoms with Gasteiger partial charge in [-0.2, -0.15) is 0 Å². The van der Waals surface area contributed by atoms with Crippen LogP contribution in [0.3, 0.4) is 0 Å². The molecule has 0 spiro atoms. The Labute approximate surface area is 351 Å². The van der Waals surface area contributed by atoms with E-state index < -0.39 is 23.5 Å². The third-order valence-electron chi connectivity index (χ3n) is 12.4. The molecule has 0 unspecified atom stereocenters. The van der Waals surface area contributed by atoms with Crippen LogP contribution in [-0.4, -0.2) is 14.5 Å². The Bertz CT molecular complexity index is 3900. The van der Waals surface area contributed by atoms with Gasteiger partial charge in [0, 0.05) is 31.8 Å². The lowest BCUT2D eigenvalue weighted by Crippen LogP contribution is -2.28. The van der Waals surface area contributed by atoms with E-state index in [4.69, 9.17) is 16.8 Å². The third-order valence-corrected chi connectivity index (χ3v) is 13.5. The first-order valence-electron chi connectivity index (χ1n) is 22.3. The Morgan fingerprint density at radius 2 is 1.15 bits per heavy atom. The number of fused-ring (bicyclic) bond motifs is 15. The molecule has 59 heavy (non-hydrogen) atoms. The lowest BCUT2D eigenvalue weighted by atomic mass is 9.66. The van der Waals surface area contributed by atoms with Crippen molar-refractivity contribution in [2.75, 3.05) is 0 Å². The van der Waals surface area contributed by atoms with Crippen LogP contribution in [0.4, 0.5) is 0 Å². The fourth-order valence-corrected chi connectivity index (χ4v) is 11.3. The molecular formula is C55H33N3S. The number of hydrogen-bond donors (Lipinski definition) is 0. The second-order valence-electron chi connectivity index (χ2n) is 15.2. The zero-order valence-corrected chi connectivity index (χ0v) is 32.2. The highest BCUT2D eigenvalue weighted by molar-refractivity contribution is 7.26. The van der Waals surface area contributed by atoms with Crippen molar-refractivity contribution in [3.63, 3.8) is 0 Å². The number of benzene rings is 9. The lowest BCUT2D eigenvalue weighted by Gasteiger charge is -2.35. The van der Waals surface area contributed by atoms with Crippen molar-refractivity contribution >= 4 is 75.0 Å². The van der Waals surface area contributed by atoms with Crippen LogP contribution >= 0.6 is 11.3 Å². The van der Waals surface area contributed by atoms with E-state index in [1.807, 2.05) is 30.3 Å². The van der Waals surface area contributed by atoms with Crippen LogP contribution in [0.2, 0.25) is 0 Å². The molecular weight excluding hydrogens is 735 g/mol. The molecule has 13 rings (SSSR count). The average Bonchev–Trinajstić information content (AvgIpc) is 4.00. The number of para-hydroxylation sites is 1. The fraction of sp³-hybridized carbons (Fsp3) is 0.0182.